The summed E-state index contributed by atoms with van der Waals surface area (Å²) in [6.07, 6.45) is 0. The van der Waals surface area contributed by atoms with Crippen molar-refractivity contribution in [3.63, 3.8) is 0 Å². The van der Waals surface area contributed by atoms with Crippen LogP contribution in [0.3, 0.4) is 0 Å². The third kappa shape index (κ3) is 8.91. The molecule has 4 radical (unpaired) electrons. The first kappa shape index (κ1) is 16.4. The Labute approximate surface area is 71.3 Å². The van der Waals surface area contributed by atoms with Crippen molar-refractivity contribution in [2.24, 2.45) is 0 Å². The minimum atomic E-state index is 0. The van der Waals surface area contributed by atoms with Crippen molar-refractivity contribution < 1.29 is 22.6 Å². The predicted molar refractivity (Wildman–Crippen MR) is 15.0 cm³/mol. The van der Waals surface area contributed by atoms with E-state index in [1.54, 1.807) is 0 Å². The van der Waals surface area contributed by atoms with Crippen molar-refractivity contribution in [3.8, 4) is 0 Å². The van der Waals surface area contributed by atoms with E-state index in [4.69, 9.17) is 3.08 Å². The molecule has 18 valence electrons. The molecule has 0 aromatic rings. The standard InChI is InChI=1S/O.Pb.Sn.Zn.2H. The molecule has 0 heterocycles. The Morgan fingerprint density at radius 3 is 1.25 bits per heavy atom. The van der Waals surface area contributed by atoms with Gasteiger partial charge in [-0.25, -0.2) is 0 Å². The van der Waals surface area contributed by atoms with E-state index in [0.717, 1.165) is 0 Å². The summed E-state index contributed by atoms with van der Waals surface area (Å²) in [5.74, 6) is 0. The molecular weight excluding hydrogens is 407 g/mol. The second-order valence-corrected chi connectivity index (χ2v) is 0. The molecule has 0 atom stereocenters. The predicted octanol–water partition coefficient (Wildman–Crippen LogP) is -1.42. The average molecular weight is 409 g/mol. The maximum Gasteiger partial charge on any atom is 0 e. The molecule has 0 saturated carbocycles. The first-order valence-corrected chi connectivity index (χ1v) is 1.37. The Hall–Kier alpha value is 2.14. The van der Waals surface area contributed by atoms with Crippen LogP contribution in [0.15, 0.2) is 0 Å². The van der Waals surface area contributed by atoms with Gasteiger partial charge in [0.2, 0.25) is 0 Å². The summed E-state index contributed by atoms with van der Waals surface area (Å²) >= 11 is 0.300. The summed E-state index contributed by atoms with van der Waals surface area (Å²) in [4.78, 5) is 0. The van der Waals surface area contributed by atoms with Gasteiger partial charge in [-0.1, -0.05) is 0 Å². The van der Waals surface area contributed by atoms with Crippen molar-refractivity contribution in [1.29, 1.82) is 0 Å². The zero-order chi connectivity index (χ0) is 2.00. The molecule has 0 aliphatic carbocycles. The third-order valence-electron chi connectivity index (χ3n) is 0. The molecule has 0 N–H and O–H groups in total. The van der Waals surface area contributed by atoms with Gasteiger partial charge in [-0.05, 0) is 0 Å². The van der Waals surface area contributed by atoms with Gasteiger partial charge in [-0.3, -0.25) is 0 Å². The second-order valence-electron chi connectivity index (χ2n) is 0. The molecule has 0 bridgehead atoms. The van der Waals surface area contributed by atoms with Crippen LogP contribution in [0, 0.1) is 0 Å². The van der Waals surface area contributed by atoms with Crippen molar-refractivity contribution >= 4 is 49.8 Å². The van der Waals surface area contributed by atoms with Crippen LogP contribution < -0.4 is 0 Å². The maximum absolute atomic E-state index is 8.34. The normalized spacial score (nSPS) is 1.00. The Bertz CT molecular complexity index is 8.00. The molecule has 4 heavy (non-hydrogen) atoms. The van der Waals surface area contributed by atoms with E-state index in [1.807, 2.05) is 0 Å². The monoisotopic (exact) mass is 410 g/mol. The van der Waals surface area contributed by atoms with Gasteiger partial charge in [-0.15, -0.1) is 0 Å². The quantitative estimate of drug-likeness (QED) is 0.449. The van der Waals surface area contributed by atoms with Crippen LogP contribution in [-0.4, -0.2) is 49.8 Å². The Morgan fingerprint density at radius 1 is 1.25 bits per heavy atom. The minimum absolute atomic E-state index is 0. The van der Waals surface area contributed by atoms with Gasteiger partial charge in [0, 0.05) is 19.5 Å². The van der Waals surface area contributed by atoms with Crippen LogP contribution in [0.25, 0.3) is 0 Å². The summed E-state index contributed by atoms with van der Waals surface area (Å²) in [5.41, 5.74) is 0. The molecular formula is H2OPbSnZn. The number of hydrogen-bond acceptors (Lipinski definition) is 1. The van der Waals surface area contributed by atoms with Gasteiger partial charge < -0.3 is 0 Å². The van der Waals surface area contributed by atoms with Gasteiger partial charge in [0.25, 0.3) is 0 Å². The van der Waals surface area contributed by atoms with Crippen molar-refractivity contribution in [2.75, 3.05) is 0 Å². The van der Waals surface area contributed by atoms with Crippen LogP contribution in [0.4, 0.5) is 0 Å². The smallest absolute Gasteiger partial charge is 0 e. The molecule has 4 heteroatoms. The SMILES string of the molecule is [O]=[Sn].[PbH2].[Zn]. The van der Waals surface area contributed by atoms with E-state index in [9.17, 15) is 0 Å². The number of hydrogen-bond donors (Lipinski definition) is 0. The molecule has 0 aliphatic heterocycles. The Morgan fingerprint density at radius 2 is 1.25 bits per heavy atom. The van der Waals surface area contributed by atoms with Crippen LogP contribution in [0.2, 0.25) is 0 Å². The average Bonchev–Trinajstić information content (AvgIpc) is 1.00. The zero-order valence-electron chi connectivity index (χ0n) is 2.32. The Balaban J connectivity index is -0.00000000500. The van der Waals surface area contributed by atoms with Crippen LogP contribution in [0.1, 0.15) is 0 Å². The number of rotatable bonds is 0. The van der Waals surface area contributed by atoms with Crippen molar-refractivity contribution in [1.82, 2.24) is 0 Å². The largest absolute Gasteiger partial charge is 0 e. The first-order chi connectivity index (χ1) is 1.00. The van der Waals surface area contributed by atoms with E-state index in [1.165, 1.54) is 0 Å². The molecule has 0 spiro atoms. The fourth-order valence-electron chi connectivity index (χ4n) is 0. The van der Waals surface area contributed by atoms with Gasteiger partial charge >= 0.3 is 52.9 Å². The zero-order valence-corrected chi connectivity index (χ0v) is 13.6. The molecule has 1 nitrogen and oxygen atoms in total. The van der Waals surface area contributed by atoms with E-state index >= 15 is 0 Å². The third-order valence-corrected chi connectivity index (χ3v) is 0. The second kappa shape index (κ2) is 19.2. The molecule has 0 aromatic carbocycles. The van der Waals surface area contributed by atoms with E-state index in [0.29, 0.717) is 22.5 Å². The van der Waals surface area contributed by atoms with Gasteiger partial charge in [0.15, 0.2) is 0 Å². The summed E-state index contributed by atoms with van der Waals surface area (Å²) < 4.78 is 8.34. The van der Waals surface area contributed by atoms with Crippen LogP contribution in [-0.2, 0) is 22.6 Å². The van der Waals surface area contributed by atoms with E-state index in [2.05, 4.69) is 0 Å². The van der Waals surface area contributed by atoms with Crippen molar-refractivity contribution in [2.45, 2.75) is 0 Å². The molecule has 0 fully saturated rings. The van der Waals surface area contributed by atoms with E-state index in [-0.39, 0.29) is 46.8 Å². The summed E-state index contributed by atoms with van der Waals surface area (Å²) in [6, 6.07) is 0. The molecule has 0 aliphatic rings. The summed E-state index contributed by atoms with van der Waals surface area (Å²) in [7, 11) is 0. The van der Waals surface area contributed by atoms with Crippen LogP contribution >= 0.6 is 0 Å². The molecule has 0 rings (SSSR count). The summed E-state index contributed by atoms with van der Waals surface area (Å²) in [5, 5.41) is 0. The fraction of sp³-hybridized carbons (Fsp3) is 0. The minimum Gasteiger partial charge on any atom is 0 e. The first-order valence-electron chi connectivity index (χ1n) is 0.204. The van der Waals surface area contributed by atoms with Crippen molar-refractivity contribution in [3.05, 3.63) is 0 Å². The van der Waals surface area contributed by atoms with Gasteiger partial charge in [0.05, 0.1) is 0 Å². The van der Waals surface area contributed by atoms with E-state index < -0.39 is 0 Å². The molecule has 0 amide bonds. The fourth-order valence-corrected chi connectivity index (χ4v) is 0. The molecule has 0 saturated heterocycles. The summed E-state index contributed by atoms with van der Waals surface area (Å²) in [6.45, 7) is 0. The molecule has 0 unspecified atom stereocenters. The Kier molecular flexibility index (Phi) is 79.0. The van der Waals surface area contributed by atoms with Gasteiger partial charge in [-0.2, -0.15) is 0 Å². The topological polar surface area (TPSA) is 17.1 Å². The molecule has 0 aromatic heterocycles. The maximum atomic E-state index is 8.34. The van der Waals surface area contributed by atoms with Gasteiger partial charge in [0.1, 0.15) is 0 Å². The van der Waals surface area contributed by atoms with Crippen LogP contribution in [0.5, 0.6) is 0 Å².